The van der Waals surface area contributed by atoms with Crippen LogP contribution in [0, 0.1) is 23.4 Å². The average Bonchev–Trinajstić information content (AvgIpc) is 2.67. The molecule has 0 saturated carbocycles. The van der Waals surface area contributed by atoms with E-state index in [-0.39, 0.29) is 17.4 Å². The van der Waals surface area contributed by atoms with Gasteiger partial charge in [0.1, 0.15) is 0 Å². The van der Waals surface area contributed by atoms with Crippen molar-refractivity contribution < 1.29 is 22.8 Å². The van der Waals surface area contributed by atoms with E-state index in [1.807, 2.05) is 6.07 Å². The maximum absolute atomic E-state index is 13.4. The standard InChI is InChI=1S/C20H20F3N3O2/c21-15-8-14(9-16(22)18(15)23)20(28)25-17-6-2-1-4-12(17)10-26-7-3-5-13(11-26)19(24)27/h1-2,4,6,8-9,13H,3,5,7,10-11H2,(H2,24,27)(H,25,28). The van der Waals surface area contributed by atoms with Crippen LogP contribution in [0.2, 0.25) is 0 Å². The zero-order valence-corrected chi connectivity index (χ0v) is 15.1. The molecule has 2 aromatic carbocycles. The number of carbonyl (C=O) groups is 2. The Morgan fingerprint density at radius 2 is 1.82 bits per heavy atom. The fourth-order valence-corrected chi connectivity index (χ4v) is 3.33. The number of hydrogen-bond donors (Lipinski definition) is 2. The number of halogens is 3. The van der Waals surface area contributed by atoms with Crippen LogP contribution in [0.4, 0.5) is 18.9 Å². The Hall–Kier alpha value is -2.87. The van der Waals surface area contributed by atoms with Crippen molar-refractivity contribution in [1.82, 2.24) is 4.90 Å². The van der Waals surface area contributed by atoms with E-state index in [4.69, 9.17) is 5.73 Å². The Labute approximate surface area is 160 Å². The van der Waals surface area contributed by atoms with Gasteiger partial charge in [0.15, 0.2) is 17.5 Å². The lowest BCUT2D eigenvalue weighted by molar-refractivity contribution is -0.123. The van der Waals surface area contributed by atoms with Crippen molar-refractivity contribution in [3.8, 4) is 0 Å². The molecular formula is C20H20F3N3O2. The summed E-state index contributed by atoms with van der Waals surface area (Å²) < 4.78 is 39.9. The van der Waals surface area contributed by atoms with Crippen LogP contribution >= 0.6 is 0 Å². The van der Waals surface area contributed by atoms with E-state index in [1.165, 1.54) is 0 Å². The molecule has 2 amide bonds. The number of likely N-dealkylation sites (tertiary alicyclic amines) is 1. The highest BCUT2D eigenvalue weighted by Gasteiger charge is 2.24. The minimum absolute atomic E-state index is 0.208. The van der Waals surface area contributed by atoms with Crippen molar-refractivity contribution in [2.45, 2.75) is 19.4 Å². The number of anilines is 1. The molecule has 8 heteroatoms. The summed E-state index contributed by atoms with van der Waals surface area (Å²) in [5, 5.41) is 2.61. The van der Waals surface area contributed by atoms with Gasteiger partial charge in [-0.15, -0.1) is 0 Å². The third kappa shape index (κ3) is 4.51. The van der Waals surface area contributed by atoms with Gasteiger partial charge in [-0.1, -0.05) is 18.2 Å². The second-order valence-electron chi connectivity index (χ2n) is 6.84. The quantitative estimate of drug-likeness (QED) is 0.770. The smallest absolute Gasteiger partial charge is 0.255 e. The third-order valence-electron chi connectivity index (χ3n) is 4.81. The van der Waals surface area contributed by atoms with Gasteiger partial charge in [-0.05, 0) is 43.1 Å². The number of amides is 2. The van der Waals surface area contributed by atoms with Crippen LogP contribution in [0.3, 0.4) is 0 Å². The molecule has 1 heterocycles. The first-order chi connectivity index (χ1) is 13.3. The van der Waals surface area contributed by atoms with Crippen LogP contribution in [-0.4, -0.2) is 29.8 Å². The van der Waals surface area contributed by atoms with E-state index in [0.29, 0.717) is 30.9 Å². The fraction of sp³-hybridized carbons (Fsp3) is 0.300. The van der Waals surface area contributed by atoms with Crippen LogP contribution < -0.4 is 11.1 Å². The van der Waals surface area contributed by atoms with E-state index < -0.39 is 23.4 Å². The largest absolute Gasteiger partial charge is 0.369 e. The monoisotopic (exact) mass is 391 g/mol. The Morgan fingerprint density at radius 3 is 2.50 bits per heavy atom. The Bertz CT molecular complexity index is 881. The van der Waals surface area contributed by atoms with Gasteiger partial charge < -0.3 is 11.1 Å². The Kier molecular flexibility index (Phi) is 5.99. The molecule has 0 radical (unpaired) electrons. The van der Waals surface area contributed by atoms with Gasteiger partial charge in [0.05, 0.1) is 5.92 Å². The molecular weight excluding hydrogens is 371 g/mol. The van der Waals surface area contributed by atoms with Crippen molar-refractivity contribution in [2.75, 3.05) is 18.4 Å². The van der Waals surface area contributed by atoms with Crippen LogP contribution in [0.15, 0.2) is 36.4 Å². The highest BCUT2D eigenvalue weighted by molar-refractivity contribution is 6.04. The number of rotatable bonds is 5. The third-order valence-corrected chi connectivity index (χ3v) is 4.81. The molecule has 1 fully saturated rings. The molecule has 5 nitrogen and oxygen atoms in total. The normalized spacial score (nSPS) is 17.3. The first-order valence-corrected chi connectivity index (χ1v) is 8.90. The van der Waals surface area contributed by atoms with Crippen LogP contribution in [0.25, 0.3) is 0 Å². The lowest BCUT2D eigenvalue weighted by Crippen LogP contribution is -2.40. The van der Waals surface area contributed by atoms with Crippen LogP contribution in [-0.2, 0) is 11.3 Å². The number of para-hydroxylation sites is 1. The van der Waals surface area contributed by atoms with Crippen molar-refractivity contribution >= 4 is 17.5 Å². The molecule has 0 aromatic heterocycles. The molecule has 1 atom stereocenters. The minimum Gasteiger partial charge on any atom is -0.369 e. The zero-order valence-electron chi connectivity index (χ0n) is 15.1. The molecule has 28 heavy (non-hydrogen) atoms. The predicted octanol–water partition coefficient (Wildman–Crippen LogP) is 3.05. The van der Waals surface area contributed by atoms with E-state index in [9.17, 15) is 22.8 Å². The number of primary amides is 1. The van der Waals surface area contributed by atoms with E-state index in [2.05, 4.69) is 10.2 Å². The predicted molar refractivity (Wildman–Crippen MR) is 97.9 cm³/mol. The van der Waals surface area contributed by atoms with Crippen molar-refractivity contribution in [3.05, 3.63) is 65.0 Å². The number of nitrogens with one attached hydrogen (secondary N) is 1. The van der Waals surface area contributed by atoms with E-state index in [0.717, 1.165) is 24.9 Å². The molecule has 148 valence electrons. The summed E-state index contributed by atoms with van der Waals surface area (Å²) in [5.74, 6) is -5.76. The number of benzene rings is 2. The van der Waals surface area contributed by atoms with Gasteiger partial charge in [-0.25, -0.2) is 13.2 Å². The first-order valence-electron chi connectivity index (χ1n) is 8.90. The van der Waals surface area contributed by atoms with Gasteiger partial charge in [0, 0.05) is 24.3 Å². The molecule has 0 spiro atoms. The number of nitrogens with two attached hydrogens (primary N) is 1. The lowest BCUT2D eigenvalue weighted by Gasteiger charge is -2.31. The van der Waals surface area contributed by atoms with E-state index in [1.54, 1.807) is 18.2 Å². The van der Waals surface area contributed by atoms with Crippen molar-refractivity contribution in [2.24, 2.45) is 11.7 Å². The Balaban J connectivity index is 1.75. The number of piperidine rings is 1. The average molecular weight is 391 g/mol. The highest BCUT2D eigenvalue weighted by atomic mass is 19.2. The molecule has 0 aliphatic carbocycles. The molecule has 3 N–H and O–H groups in total. The number of carbonyl (C=O) groups excluding carboxylic acids is 2. The molecule has 1 aliphatic rings. The first kappa shape index (κ1) is 19.9. The summed E-state index contributed by atoms with van der Waals surface area (Å²) in [4.78, 5) is 25.9. The number of hydrogen-bond acceptors (Lipinski definition) is 3. The van der Waals surface area contributed by atoms with Gasteiger partial charge in [-0.2, -0.15) is 0 Å². The molecule has 1 saturated heterocycles. The van der Waals surface area contributed by atoms with E-state index >= 15 is 0 Å². The fourth-order valence-electron chi connectivity index (χ4n) is 3.33. The summed E-state index contributed by atoms with van der Waals surface area (Å²) in [5.41, 5.74) is 6.34. The van der Waals surface area contributed by atoms with Gasteiger partial charge >= 0.3 is 0 Å². The zero-order chi connectivity index (χ0) is 20.3. The van der Waals surface area contributed by atoms with Gasteiger partial charge in [0.25, 0.3) is 5.91 Å². The van der Waals surface area contributed by atoms with Crippen LogP contribution in [0.5, 0.6) is 0 Å². The summed E-state index contributed by atoms with van der Waals surface area (Å²) in [6, 6.07) is 8.30. The maximum atomic E-state index is 13.4. The Morgan fingerprint density at radius 1 is 1.14 bits per heavy atom. The lowest BCUT2D eigenvalue weighted by atomic mass is 9.97. The van der Waals surface area contributed by atoms with Gasteiger partial charge in [0.2, 0.25) is 5.91 Å². The summed E-state index contributed by atoms with van der Waals surface area (Å²) in [7, 11) is 0. The molecule has 0 bridgehead atoms. The minimum atomic E-state index is -1.62. The molecule has 1 aliphatic heterocycles. The van der Waals surface area contributed by atoms with Gasteiger partial charge in [-0.3, -0.25) is 14.5 Å². The summed E-state index contributed by atoms with van der Waals surface area (Å²) in [6.07, 6.45) is 1.60. The van der Waals surface area contributed by atoms with Crippen LogP contribution in [0.1, 0.15) is 28.8 Å². The molecule has 2 aromatic rings. The summed E-state index contributed by atoms with van der Waals surface area (Å²) in [6.45, 7) is 1.80. The number of nitrogens with zero attached hydrogens (tertiary/aromatic N) is 1. The maximum Gasteiger partial charge on any atom is 0.255 e. The second kappa shape index (κ2) is 8.43. The van der Waals surface area contributed by atoms with Crippen molar-refractivity contribution in [3.63, 3.8) is 0 Å². The molecule has 1 unspecified atom stereocenters. The summed E-state index contributed by atoms with van der Waals surface area (Å²) >= 11 is 0. The molecule has 3 rings (SSSR count). The highest BCUT2D eigenvalue weighted by Crippen LogP contribution is 2.23. The topological polar surface area (TPSA) is 75.4 Å². The van der Waals surface area contributed by atoms with Crippen molar-refractivity contribution in [1.29, 1.82) is 0 Å². The SMILES string of the molecule is NC(=O)C1CCCN(Cc2ccccc2NC(=O)c2cc(F)c(F)c(F)c2)C1. The second-order valence-corrected chi connectivity index (χ2v) is 6.84.